The third-order valence-electron chi connectivity index (χ3n) is 4.07. The number of methoxy groups -OCH3 is 1. The van der Waals surface area contributed by atoms with Crippen LogP contribution < -0.4 is 14.8 Å². The molecule has 3 aromatic rings. The van der Waals surface area contributed by atoms with Crippen LogP contribution in [0.5, 0.6) is 11.5 Å². The SMILES string of the molecule is COc1cc(CNc2ccccc2)c(Cl)cc1OCc1cccc(C)c1. The van der Waals surface area contributed by atoms with E-state index in [1.165, 1.54) is 5.56 Å². The Morgan fingerprint density at radius 1 is 0.923 bits per heavy atom. The Balaban J connectivity index is 1.72. The normalized spacial score (nSPS) is 10.4. The van der Waals surface area contributed by atoms with Gasteiger partial charge in [-0.25, -0.2) is 0 Å². The molecule has 0 radical (unpaired) electrons. The lowest BCUT2D eigenvalue weighted by atomic mass is 10.1. The van der Waals surface area contributed by atoms with Crippen molar-refractivity contribution in [3.05, 3.63) is 88.4 Å². The summed E-state index contributed by atoms with van der Waals surface area (Å²) in [5, 5.41) is 4.00. The van der Waals surface area contributed by atoms with Gasteiger partial charge in [-0.05, 0) is 36.2 Å². The van der Waals surface area contributed by atoms with Crippen LogP contribution in [0.15, 0.2) is 66.7 Å². The molecule has 0 aliphatic heterocycles. The lowest BCUT2D eigenvalue weighted by molar-refractivity contribution is 0.284. The van der Waals surface area contributed by atoms with Crippen molar-refractivity contribution in [2.75, 3.05) is 12.4 Å². The lowest BCUT2D eigenvalue weighted by Crippen LogP contribution is -2.03. The number of anilines is 1. The summed E-state index contributed by atoms with van der Waals surface area (Å²) in [6.07, 6.45) is 0. The second-order valence-corrected chi connectivity index (χ2v) is 6.50. The summed E-state index contributed by atoms with van der Waals surface area (Å²) in [6, 6.07) is 22.0. The Hall–Kier alpha value is -2.65. The minimum Gasteiger partial charge on any atom is -0.493 e. The summed E-state index contributed by atoms with van der Waals surface area (Å²) in [5.41, 5.74) is 4.31. The van der Waals surface area contributed by atoms with E-state index < -0.39 is 0 Å². The van der Waals surface area contributed by atoms with Gasteiger partial charge in [0, 0.05) is 23.3 Å². The molecule has 0 aliphatic carbocycles. The van der Waals surface area contributed by atoms with E-state index in [0.29, 0.717) is 29.7 Å². The van der Waals surface area contributed by atoms with Gasteiger partial charge in [-0.3, -0.25) is 0 Å². The molecule has 3 rings (SSSR count). The number of ether oxygens (including phenoxy) is 2. The van der Waals surface area contributed by atoms with Crippen LogP contribution in [-0.2, 0) is 13.2 Å². The highest BCUT2D eigenvalue weighted by Gasteiger charge is 2.11. The molecule has 0 aromatic heterocycles. The summed E-state index contributed by atoms with van der Waals surface area (Å²) in [4.78, 5) is 0. The molecule has 26 heavy (non-hydrogen) atoms. The molecule has 0 amide bonds. The summed E-state index contributed by atoms with van der Waals surface area (Å²) >= 11 is 6.46. The maximum Gasteiger partial charge on any atom is 0.163 e. The Morgan fingerprint density at radius 3 is 2.46 bits per heavy atom. The fraction of sp³-hybridized carbons (Fsp3) is 0.182. The molecule has 3 aromatic carbocycles. The van der Waals surface area contributed by atoms with E-state index in [1.54, 1.807) is 7.11 Å². The number of nitrogens with one attached hydrogen (secondary N) is 1. The van der Waals surface area contributed by atoms with Crippen LogP contribution in [0, 0.1) is 6.92 Å². The first kappa shape index (κ1) is 18.2. The molecule has 0 saturated carbocycles. The molecule has 1 N–H and O–H groups in total. The highest BCUT2D eigenvalue weighted by Crippen LogP contribution is 2.34. The first-order valence-electron chi connectivity index (χ1n) is 8.49. The van der Waals surface area contributed by atoms with Crippen LogP contribution in [0.1, 0.15) is 16.7 Å². The van der Waals surface area contributed by atoms with E-state index in [2.05, 4.69) is 24.4 Å². The predicted octanol–water partition coefficient (Wildman–Crippen LogP) is 5.85. The van der Waals surface area contributed by atoms with Crippen molar-refractivity contribution in [1.82, 2.24) is 0 Å². The molecule has 0 heterocycles. The second-order valence-electron chi connectivity index (χ2n) is 6.09. The summed E-state index contributed by atoms with van der Waals surface area (Å²) < 4.78 is 11.4. The molecule has 0 fully saturated rings. The van der Waals surface area contributed by atoms with Gasteiger partial charge in [0.25, 0.3) is 0 Å². The van der Waals surface area contributed by atoms with Crippen molar-refractivity contribution >= 4 is 17.3 Å². The number of benzene rings is 3. The van der Waals surface area contributed by atoms with Crippen molar-refractivity contribution in [2.24, 2.45) is 0 Å². The van der Waals surface area contributed by atoms with Crippen molar-refractivity contribution in [3.8, 4) is 11.5 Å². The maximum absolute atomic E-state index is 6.46. The second kappa shape index (κ2) is 8.63. The third kappa shape index (κ3) is 4.70. The number of rotatable bonds is 7. The number of halogens is 1. The van der Waals surface area contributed by atoms with Crippen LogP contribution in [0.4, 0.5) is 5.69 Å². The molecule has 0 atom stereocenters. The zero-order valence-corrected chi connectivity index (χ0v) is 15.7. The zero-order chi connectivity index (χ0) is 18.4. The molecule has 0 unspecified atom stereocenters. The molecule has 3 nitrogen and oxygen atoms in total. The van der Waals surface area contributed by atoms with Crippen molar-refractivity contribution in [2.45, 2.75) is 20.1 Å². The average Bonchev–Trinajstić information content (AvgIpc) is 2.66. The van der Waals surface area contributed by atoms with E-state index in [9.17, 15) is 0 Å². The van der Waals surface area contributed by atoms with E-state index in [4.69, 9.17) is 21.1 Å². The standard InChI is InChI=1S/C22H22ClNO2/c1-16-7-6-8-17(11-16)15-26-22-13-20(23)18(12-21(22)25-2)14-24-19-9-4-3-5-10-19/h3-13,24H,14-15H2,1-2H3. The van der Waals surface area contributed by atoms with E-state index in [0.717, 1.165) is 16.8 Å². The quantitative estimate of drug-likeness (QED) is 0.568. The van der Waals surface area contributed by atoms with Gasteiger partial charge in [0.15, 0.2) is 11.5 Å². The summed E-state index contributed by atoms with van der Waals surface area (Å²) in [7, 11) is 1.64. The molecule has 134 valence electrons. The number of hydrogen-bond donors (Lipinski definition) is 1. The van der Waals surface area contributed by atoms with E-state index >= 15 is 0 Å². The highest BCUT2D eigenvalue weighted by molar-refractivity contribution is 6.31. The van der Waals surface area contributed by atoms with Crippen LogP contribution in [0.3, 0.4) is 0 Å². The molecule has 4 heteroatoms. The maximum atomic E-state index is 6.46. The Kier molecular flexibility index (Phi) is 6.03. The monoisotopic (exact) mass is 367 g/mol. The fourth-order valence-electron chi connectivity index (χ4n) is 2.70. The van der Waals surface area contributed by atoms with Gasteiger partial charge in [-0.1, -0.05) is 59.6 Å². The van der Waals surface area contributed by atoms with Crippen molar-refractivity contribution in [3.63, 3.8) is 0 Å². The lowest BCUT2D eigenvalue weighted by Gasteiger charge is -2.15. The third-order valence-corrected chi connectivity index (χ3v) is 4.42. The number of hydrogen-bond acceptors (Lipinski definition) is 3. The molecular formula is C22H22ClNO2. The molecular weight excluding hydrogens is 346 g/mol. The predicted molar refractivity (Wildman–Crippen MR) is 107 cm³/mol. The molecule has 0 aliphatic rings. The Morgan fingerprint density at radius 2 is 1.73 bits per heavy atom. The topological polar surface area (TPSA) is 30.5 Å². The smallest absolute Gasteiger partial charge is 0.163 e. The Bertz CT molecular complexity index is 865. The Labute approximate surface area is 159 Å². The van der Waals surface area contributed by atoms with Crippen LogP contribution in [0.2, 0.25) is 5.02 Å². The van der Waals surface area contributed by atoms with Gasteiger partial charge in [0.1, 0.15) is 6.61 Å². The fourth-order valence-corrected chi connectivity index (χ4v) is 2.92. The van der Waals surface area contributed by atoms with Crippen molar-refractivity contribution in [1.29, 1.82) is 0 Å². The molecule has 0 spiro atoms. The first-order chi connectivity index (χ1) is 12.7. The van der Waals surface area contributed by atoms with Crippen molar-refractivity contribution < 1.29 is 9.47 Å². The molecule has 0 bridgehead atoms. The van der Waals surface area contributed by atoms with Crippen LogP contribution in [-0.4, -0.2) is 7.11 Å². The largest absolute Gasteiger partial charge is 0.493 e. The highest BCUT2D eigenvalue weighted by atomic mass is 35.5. The summed E-state index contributed by atoms with van der Waals surface area (Å²) in [5.74, 6) is 1.31. The van der Waals surface area contributed by atoms with Gasteiger partial charge < -0.3 is 14.8 Å². The van der Waals surface area contributed by atoms with Gasteiger partial charge in [-0.15, -0.1) is 0 Å². The minimum atomic E-state index is 0.468. The zero-order valence-electron chi connectivity index (χ0n) is 15.0. The molecule has 0 saturated heterocycles. The van der Waals surface area contributed by atoms with Crippen LogP contribution in [0.25, 0.3) is 0 Å². The van der Waals surface area contributed by atoms with Gasteiger partial charge in [0.2, 0.25) is 0 Å². The van der Waals surface area contributed by atoms with E-state index in [1.807, 2.05) is 54.6 Å². The van der Waals surface area contributed by atoms with Gasteiger partial charge >= 0.3 is 0 Å². The van der Waals surface area contributed by atoms with Gasteiger partial charge in [0.05, 0.1) is 7.11 Å². The average molecular weight is 368 g/mol. The van der Waals surface area contributed by atoms with Crippen LogP contribution >= 0.6 is 11.6 Å². The van der Waals surface area contributed by atoms with E-state index in [-0.39, 0.29) is 0 Å². The minimum absolute atomic E-state index is 0.468. The first-order valence-corrected chi connectivity index (χ1v) is 8.87. The number of aryl methyl sites for hydroxylation is 1. The van der Waals surface area contributed by atoms with Gasteiger partial charge in [-0.2, -0.15) is 0 Å². The summed E-state index contributed by atoms with van der Waals surface area (Å²) in [6.45, 7) is 3.14. The number of para-hydroxylation sites is 1.